The number of aromatic nitrogens is 2. The molecule has 3 heterocycles. The van der Waals surface area contributed by atoms with Gasteiger partial charge < -0.3 is 14.8 Å². The van der Waals surface area contributed by atoms with Gasteiger partial charge in [-0.25, -0.2) is 4.98 Å². The molecule has 1 aliphatic heterocycles. The predicted octanol–water partition coefficient (Wildman–Crippen LogP) is 1.87. The summed E-state index contributed by atoms with van der Waals surface area (Å²) in [4.78, 5) is 23.2. The summed E-state index contributed by atoms with van der Waals surface area (Å²) in [6.07, 6.45) is 6.29. The van der Waals surface area contributed by atoms with Crippen molar-refractivity contribution in [2.45, 2.75) is 6.42 Å². The van der Waals surface area contributed by atoms with Crippen molar-refractivity contribution in [3.05, 3.63) is 60.6 Å². The van der Waals surface area contributed by atoms with E-state index in [1.807, 2.05) is 41.7 Å². The zero-order valence-electron chi connectivity index (χ0n) is 13.5. The van der Waals surface area contributed by atoms with Gasteiger partial charge in [-0.1, -0.05) is 18.2 Å². The van der Waals surface area contributed by atoms with Crippen LogP contribution < -0.4 is 9.88 Å². The molecule has 0 radical (unpaired) electrons. The Kier molecular flexibility index (Phi) is 3.91. The first kappa shape index (κ1) is 14.8. The molecule has 0 atom stereocenters. The number of hydrogen-bond donors (Lipinski definition) is 1. The Morgan fingerprint density at radius 3 is 2.58 bits per heavy atom. The second kappa shape index (κ2) is 6.35. The fraction of sp³-hybridized carbons (Fsp3) is 0.263. The molecule has 2 aromatic heterocycles. The summed E-state index contributed by atoms with van der Waals surface area (Å²) < 4.78 is 0. The van der Waals surface area contributed by atoms with Crippen molar-refractivity contribution in [2.24, 2.45) is 0 Å². The van der Waals surface area contributed by atoms with E-state index in [4.69, 9.17) is 0 Å². The molecule has 0 unspecified atom stereocenters. The number of anilines is 1. The first-order valence-corrected chi connectivity index (χ1v) is 8.35. The molecular formula is C19H21N4O+. The lowest BCUT2D eigenvalue weighted by Crippen LogP contribution is -2.49. The average Bonchev–Trinajstić information content (AvgIpc) is 3.06. The van der Waals surface area contributed by atoms with E-state index in [1.54, 1.807) is 0 Å². The maximum atomic E-state index is 12.6. The number of pyridine rings is 1. The Labute approximate surface area is 140 Å². The van der Waals surface area contributed by atoms with Crippen molar-refractivity contribution in [2.75, 3.05) is 31.1 Å². The molecule has 5 heteroatoms. The second-order valence-corrected chi connectivity index (χ2v) is 6.16. The molecule has 2 N–H and O–H groups in total. The van der Waals surface area contributed by atoms with Crippen molar-refractivity contribution >= 4 is 22.5 Å². The van der Waals surface area contributed by atoms with Crippen LogP contribution in [-0.4, -0.2) is 42.0 Å². The number of fused-ring (bicyclic) bond motifs is 1. The number of para-hydroxylation sites is 1. The summed E-state index contributed by atoms with van der Waals surface area (Å²) in [7, 11) is 0. The molecule has 0 spiro atoms. The average molecular weight is 321 g/mol. The fourth-order valence-corrected chi connectivity index (χ4v) is 3.36. The number of piperazine rings is 1. The minimum Gasteiger partial charge on any atom is -0.368 e. The number of amides is 1. The van der Waals surface area contributed by atoms with Crippen LogP contribution in [-0.2, 0) is 11.2 Å². The van der Waals surface area contributed by atoms with Gasteiger partial charge in [-0.2, -0.15) is 0 Å². The molecule has 5 nitrogen and oxygen atoms in total. The van der Waals surface area contributed by atoms with Crippen molar-refractivity contribution in [3.8, 4) is 0 Å². The molecule has 1 aromatic carbocycles. The molecule has 0 aliphatic carbocycles. The van der Waals surface area contributed by atoms with Gasteiger partial charge in [0.1, 0.15) is 0 Å². The van der Waals surface area contributed by atoms with E-state index in [-0.39, 0.29) is 5.91 Å². The summed E-state index contributed by atoms with van der Waals surface area (Å²) in [6.45, 7) is 3.31. The first-order chi connectivity index (χ1) is 11.8. The van der Waals surface area contributed by atoms with Crippen LogP contribution in [0.3, 0.4) is 0 Å². The Bertz CT molecular complexity index is 835. The van der Waals surface area contributed by atoms with Gasteiger partial charge in [0.25, 0.3) is 0 Å². The van der Waals surface area contributed by atoms with Gasteiger partial charge in [0.2, 0.25) is 5.91 Å². The van der Waals surface area contributed by atoms with Crippen LogP contribution in [0.5, 0.6) is 0 Å². The quantitative estimate of drug-likeness (QED) is 0.801. The number of nitrogens with zero attached hydrogens (tertiary/aromatic N) is 2. The fourth-order valence-electron chi connectivity index (χ4n) is 3.36. The Morgan fingerprint density at radius 2 is 1.79 bits per heavy atom. The summed E-state index contributed by atoms with van der Waals surface area (Å²) in [6, 6.07) is 12.3. The monoisotopic (exact) mass is 321 g/mol. The lowest BCUT2D eigenvalue weighted by molar-refractivity contribution is -0.377. The van der Waals surface area contributed by atoms with Crippen molar-refractivity contribution in [1.29, 1.82) is 0 Å². The van der Waals surface area contributed by atoms with Crippen LogP contribution in [0.2, 0.25) is 0 Å². The highest BCUT2D eigenvalue weighted by molar-refractivity contribution is 5.89. The first-order valence-electron chi connectivity index (χ1n) is 8.35. The summed E-state index contributed by atoms with van der Waals surface area (Å²) in [5.41, 5.74) is 3.38. The highest BCUT2D eigenvalue weighted by Crippen LogP contribution is 2.20. The van der Waals surface area contributed by atoms with E-state index < -0.39 is 0 Å². The van der Waals surface area contributed by atoms with Gasteiger partial charge in [0.15, 0.2) is 12.4 Å². The standard InChI is InChI=1S/C19H20N4O/c24-19(13-15-14-21-18-4-2-1-3-17(15)18)23-11-9-22(10-12-23)16-5-7-20-8-6-16/h1-8,14,21H,9-13H2/p+1. The third-order valence-corrected chi connectivity index (χ3v) is 4.71. The topological polar surface area (TPSA) is 53.5 Å². The number of nitrogens with one attached hydrogen (secondary N) is 2. The van der Waals surface area contributed by atoms with Gasteiger partial charge in [-0.3, -0.25) is 4.79 Å². The van der Waals surface area contributed by atoms with Gasteiger partial charge in [-0.15, -0.1) is 0 Å². The van der Waals surface area contributed by atoms with Crippen molar-refractivity contribution in [1.82, 2.24) is 9.88 Å². The normalized spacial score (nSPS) is 15.0. The van der Waals surface area contributed by atoms with E-state index in [1.165, 1.54) is 5.69 Å². The molecule has 1 aliphatic rings. The second-order valence-electron chi connectivity index (χ2n) is 6.16. The minimum atomic E-state index is 0.209. The van der Waals surface area contributed by atoms with Gasteiger partial charge in [0, 0.05) is 61.1 Å². The molecular weight excluding hydrogens is 300 g/mol. The minimum absolute atomic E-state index is 0.209. The smallest absolute Gasteiger partial charge is 0.227 e. The maximum absolute atomic E-state index is 12.6. The Balaban J connectivity index is 1.40. The lowest BCUT2D eigenvalue weighted by Gasteiger charge is -2.35. The van der Waals surface area contributed by atoms with E-state index in [2.05, 4.69) is 33.1 Å². The van der Waals surface area contributed by atoms with Gasteiger partial charge >= 0.3 is 0 Å². The molecule has 122 valence electrons. The number of carbonyl (C=O) groups excluding carboxylic acids is 1. The van der Waals surface area contributed by atoms with Gasteiger partial charge in [-0.05, 0) is 11.6 Å². The summed E-state index contributed by atoms with van der Waals surface area (Å²) >= 11 is 0. The van der Waals surface area contributed by atoms with E-state index in [0.29, 0.717) is 6.42 Å². The van der Waals surface area contributed by atoms with Crippen molar-refractivity contribution in [3.63, 3.8) is 0 Å². The highest BCUT2D eigenvalue weighted by atomic mass is 16.2. The molecule has 1 saturated heterocycles. The number of hydrogen-bond acceptors (Lipinski definition) is 2. The lowest BCUT2D eigenvalue weighted by atomic mass is 10.1. The number of benzene rings is 1. The Morgan fingerprint density at radius 1 is 1.04 bits per heavy atom. The molecule has 1 amide bonds. The van der Waals surface area contributed by atoms with E-state index in [0.717, 1.165) is 42.6 Å². The van der Waals surface area contributed by atoms with Crippen LogP contribution in [0, 0.1) is 0 Å². The Hall–Kier alpha value is -2.82. The van der Waals surface area contributed by atoms with Gasteiger partial charge in [0.05, 0.1) is 6.42 Å². The number of H-pyrrole nitrogens is 2. The van der Waals surface area contributed by atoms with Crippen LogP contribution >= 0.6 is 0 Å². The van der Waals surface area contributed by atoms with Crippen LogP contribution in [0.25, 0.3) is 10.9 Å². The molecule has 3 aromatic rings. The molecule has 24 heavy (non-hydrogen) atoms. The number of aromatic amines is 2. The van der Waals surface area contributed by atoms with Crippen molar-refractivity contribution < 1.29 is 9.78 Å². The summed E-state index contributed by atoms with van der Waals surface area (Å²) in [5, 5.41) is 1.14. The molecule has 1 fully saturated rings. The van der Waals surface area contributed by atoms with Crippen LogP contribution in [0.15, 0.2) is 55.0 Å². The number of rotatable bonds is 3. The molecule has 0 bridgehead atoms. The molecule has 0 saturated carbocycles. The highest BCUT2D eigenvalue weighted by Gasteiger charge is 2.22. The predicted molar refractivity (Wildman–Crippen MR) is 93.8 cm³/mol. The third kappa shape index (κ3) is 2.85. The largest absolute Gasteiger partial charge is 0.368 e. The number of carbonyl (C=O) groups is 1. The summed E-state index contributed by atoms with van der Waals surface area (Å²) in [5.74, 6) is 0.209. The zero-order valence-corrected chi connectivity index (χ0v) is 13.5. The molecule has 4 rings (SSSR count). The zero-order chi connectivity index (χ0) is 16.4. The maximum Gasteiger partial charge on any atom is 0.227 e. The van der Waals surface area contributed by atoms with Crippen LogP contribution in [0.1, 0.15) is 5.56 Å². The SMILES string of the molecule is O=C(Cc1c[nH]c2ccccc12)N1CCN(c2cc[nH+]cc2)CC1. The van der Waals surface area contributed by atoms with E-state index >= 15 is 0 Å². The van der Waals surface area contributed by atoms with E-state index in [9.17, 15) is 4.79 Å². The third-order valence-electron chi connectivity index (χ3n) is 4.71. The van der Waals surface area contributed by atoms with Crippen LogP contribution in [0.4, 0.5) is 5.69 Å².